The molecule has 0 saturated carbocycles. The molecule has 1 aliphatic rings. The van der Waals surface area contributed by atoms with Crippen molar-refractivity contribution in [2.24, 2.45) is 4.99 Å². The molecule has 5 heteroatoms. The van der Waals surface area contributed by atoms with E-state index in [1.54, 1.807) is 0 Å². The third-order valence-electron chi connectivity index (χ3n) is 5.99. The number of hydrogen-bond acceptors (Lipinski definition) is 3. The van der Waals surface area contributed by atoms with Crippen molar-refractivity contribution in [3.8, 4) is 0 Å². The molecule has 0 radical (unpaired) electrons. The Bertz CT molecular complexity index is 699. The minimum atomic E-state index is 0.382. The molecule has 3 rings (SSSR count). The van der Waals surface area contributed by atoms with Gasteiger partial charge in [-0.05, 0) is 24.1 Å². The summed E-state index contributed by atoms with van der Waals surface area (Å²) in [4.78, 5) is 9.46. The third-order valence-corrected chi connectivity index (χ3v) is 5.99. The Balaban J connectivity index is 1.44. The van der Waals surface area contributed by atoms with Gasteiger partial charge in [0.25, 0.3) is 0 Å². The topological polar surface area (TPSA) is 42.9 Å². The molecule has 1 saturated heterocycles. The summed E-state index contributed by atoms with van der Waals surface area (Å²) in [5, 5.41) is 6.98. The second kappa shape index (κ2) is 12.4. The van der Waals surface area contributed by atoms with Crippen LogP contribution in [0.25, 0.3) is 0 Å². The lowest BCUT2D eigenvalue weighted by Crippen LogP contribution is -2.49. The number of piperazine rings is 1. The Kier molecular flexibility index (Phi) is 9.19. The van der Waals surface area contributed by atoms with E-state index >= 15 is 0 Å². The quantitative estimate of drug-likeness (QED) is 0.495. The van der Waals surface area contributed by atoms with Crippen LogP contribution in [0.5, 0.6) is 0 Å². The average molecular weight is 408 g/mol. The van der Waals surface area contributed by atoms with Crippen LogP contribution in [-0.4, -0.2) is 75.2 Å². The van der Waals surface area contributed by atoms with E-state index < -0.39 is 0 Å². The predicted molar refractivity (Wildman–Crippen MR) is 127 cm³/mol. The van der Waals surface area contributed by atoms with Crippen LogP contribution in [-0.2, 0) is 0 Å². The third kappa shape index (κ3) is 6.85. The lowest BCUT2D eigenvalue weighted by Gasteiger charge is -2.34. The van der Waals surface area contributed by atoms with Crippen LogP contribution < -0.4 is 10.6 Å². The van der Waals surface area contributed by atoms with E-state index in [-0.39, 0.29) is 0 Å². The van der Waals surface area contributed by atoms with E-state index in [4.69, 9.17) is 0 Å². The number of benzene rings is 2. The molecule has 30 heavy (non-hydrogen) atoms. The highest BCUT2D eigenvalue weighted by atomic mass is 15.3. The van der Waals surface area contributed by atoms with Crippen molar-refractivity contribution in [3.63, 3.8) is 0 Å². The zero-order valence-electron chi connectivity index (χ0n) is 18.6. The van der Waals surface area contributed by atoms with Gasteiger partial charge < -0.3 is 15.5 Å². The summed E-state index contributed by atoms with van der Waals surface area (Å²) in [6.45, 7) is 11.0. The maximum atomic E-state index is 4.41. The minimum absolute atomic E-state index is 0.382. The lowest BCUT2D eigenvalue weighted by molar-refractivity contribution is 0.139. The summed E-state index contributed by atoms with van der Waals surface area (Å²) in [5.41, 5.74) is 2.72. The fourth-order valence-electron chi connectivity index (χ4n) is 4.11. The Hall–Kier alpha value is -2.37. The summed E-state index contributed by atoms with van der Waals surface area (Å²) < 4.78 is 0. The van der Waals surface area contributed by atoms with Crippen LogP contribution in [0, 0.1) is 0 Å². The Labute approximate surface area is 182 Å². The predicted octanol–water partition coefficient (Wildman–Crippen LogP) is 3.01. The molecule has 1 fully saturated rings. The molecule has 0 atom stereocenters. The lowest BCUT2D eigenvalue weighted by atomic mass is 9.88. The van der Waals surface area contributed by atoms with Crippen molar-refractivity contribution < 1.29 is 0 Å². The normalized spacial score (nSPS) is 16.0. The molecule has 0 unspecified atom stereocenters. The van der Waals surface area contributed by atoms with Crippen LogP contribution >= 0.6 is 0 Å². The van der Waals surface area contributed by atoms with Crippen molar-refractivity contribution >= 4 is 5.96 Å². The molecular weight excluding hydrogens is 370 g/mol. The number of hydrogen-bond donors (Lipinski definition) is 2. The maximum Gasteiger partial charge on any atom is 0.191 e. The summed E-state index contributed by atoms with van der Waals surface area (Å²) in [5.74, 6) is 1.27. The van der Waals surface area contributed by atoms with Crippen molar-refractivity contribution in [1.29, 1.82) is 0 Å². The number of likely N-dealkylation sites (N-methyl/N-ethyl adjacent to an activating group) is 1. The Morgan fingerprint density at radius 3 is 1.90 bits per heavy atom. The average Bonchev–Trinajstić information content (AvgIpc) is 2.82. The van der Waals surface area contributed by atoms with Gasteiger partial charge in [0, 0.05) is 58.8 Å². The van der Waals surface area contributed by atoms with Crippen LogP contribution in [0.2, 0.25) is 0 Å². The molecule has 1 heterocycles. The number of aliphatic imine (C=N–C) groups is 1. The van der Waals surface area contributed by atoms with Gasteiger partial charge in [-0.1, -0.05) is 67.6 Å². The SMILES string of the molecule is CCN1CCN(CCNC(=NC)NCCC(c2ccccc2)c2ccccc2)CC1. The standard InChI is InChI=1S/C25H37N5/c1-3-29-18-20-30(21-19-29)17-16-28-25(26-2)27-15-14-24(22-10-6-4-7-11-22)23-12-8-5-9-13-23/h4-13,24H,3,14-21H2,1-2H3,(H2,26,27,28). The van der Waals surface area contributed by atoms with Crippen molar-refractivity contribution in [1.82, 2.24) is 20.4 Å². The van der Waals surface area contributed by atoms with Crippen LogP contribution in [0.15, 0.2) is 65.7 Å². The van der Waals surface area contributed by atoms with Crippen molar-refractivity contribution in [2.75, 3.05) is 59.4 Å². The molecule has 162 valence electrons. The first-order chi connectivity index (χ1) is 14.8. The molecule has 0 spiro atoms. The first kappa shape index (κ1) is 22.3. The molecule has 1 aliphatic heterocycles. The molecule has 2 aromatic carbocycles. The van der Waals surface area contributed by atoms with Gasteiger partial charge in [-0.25, -0.2) is 0 Å². The van der Waals surface area contributed by atoms with E-state index in [2.05, 4.69) is 93.0 Å². The monoisotopic (exact) mass is 407 g/mol. The number of guanidine groups is 1. The van der Waals surface area contributed by atoms with E-state index in [0.29, 0.717) is 5.92 Å². The van der Waals surface area contributed by atoms with Gasteiger partial charge in [0.15, 0.2) is 5.96 Å². The highest BCUT2D eigenvalue weighted by molar-refractivity contribution is 5.79. The second-order valence-electron chi connectivity index (χ2n) is 7.86. The molecule has 0 aliphatic carbocycles. The van der Waals surface area contributed by atoms with Gasteiger partial charge in [0.2, 0.25) is 0 Å². The number of rotatable bonds is 9. The van der Waals surface area contributed by atoms with E-state index in [0.717, 1.165) is 51.6 Å². The van der Waals surface area contributed by atoms with Crippen LogP contribution in [0.1, 0.15) is 30.4 Å². The highest BCUT2D eigenvalue weighted by Gasteiger charge is 2.15. The summed E-state index contributed by atoms with van der Waals surface area (Å²) in [6.07, 6.45) is 1.02. The van der Waals surface area contributed by atoms with E-state index in [1.165, 1.54) is 24.2 Å². The first-order valence-electron chi connectivity index (χ1n) is 11.3. The fraction of sp³-hybridized carbons (Fsp3) is 0.480. The Morgan fingerprint density at radius 2 is 1.37 bits per heavy atom. The van der Waals surface area contributed by atoms with Gasteiger partial charge in [-0.15, -0.1) is 0 Å². The summed E-state index contributed by atoms with van der Waals surface area (Å²) in [7, 11) is 1.85. The van der Waals surface area contributed by atoms with Gasteiger partial charge >= 0.3 is 0 Å². The van der Waals surface area contributed by atoms with Crippen LogP contribution in [0.3, 0.4) is 0 Å². The molecule has 5 nitrogen and oxygen atoms in total. The largest absolute Gasteiger partial charge is 0.356 e. The molecule has 0 aromatic heterocycles. The van der Waals surface area contributed by atoms with E-state index in [9.17, 15) is 0 Å². The summed E-state index contributed by atoms with van der Waals surface area (Å²) in [6, 6.07) is 21.6. The van der Waals surface area contributed by atoms with Gasteiger partial charge in [-0.2, -0.15) is 0 Å². The minimum Gasteiger partial charge on any atom is -0.356 e. The van der Waals surface area contributed by atoms with E-state index in [1.807, 2.05) is 7.05 Å². The second-order valence-corrected chi connectivity index (χ2v) is 7.86. The molecular formula is C25H37N5. The maximum absolute atomic E-state index is 4.41. The molecule has 0 bridgehead atoms. The molecule has 2 N–H and O–H groups in total. The van der Waals surface area contributed by atoms with Gasteiger partial charge in [0.1, 0.15) is 0 Å². The smallest absolute Gasteiger partial charge is 0.191 e. The zero-order chi connectivity index (χ0) is 21.0. The molecule has 2 aromatic rings. The van der Waals surface area contributed by atoms with Crippen molar-refractivity contribution in [3.05, 3.63) is 71.8 Å². The highest BCUT2D eigenvalue weighted by Crippen LogP contribution is 2.27. The summed E-state index contributed by atoms with van der Waals surface area (Å²) >= 11 is 0. The molecule has 0 amide bonds. The Morgan fingerprint density at radius 1 is 0.833 bits per heavy atom. The fourth-order valence-corrected chi connectivity index (χ4v) is 4.11. The van der Waals surface area contributed by atoms with Crippen LogP contribution in [0.4, 0.5) is 0 Å². The number of nitrogens with one attached hydrogen (secondary N) is 2. The zero-order valence-corrected chi connectivity index (χ0v) is 18.6. The number of nitrogens with zero attached hydrogens (tertiary/aromatic N) is 3. The first-order valence-corrected chi connectivity index (χ1v) is 11.3. The van der Waals surface area contributed by atoms with Crippen molar-refractivity contribution in [2.45, 2.75) is 19.3 Å². The van der Waals surface area contributed by atoms with Gasteiger partial charge in [-0.3, -0.25) is 9.89 Å². The van der Waals surface area contributed by atoms with Gasteiger partial charge in [0.05, 0.1) is 0 Å².